The minimum atomic E-state index is -3.87. The van der Waals surface area contributed by atoms with Crippen LogP contribution in [0.5, 0.6) is 5.75 Å². The predicted octanol–water partition coefficient (Wildman–Crippen LogP) is 3.14. The first-order chi connectivity index (χ1) is 14.3. The maximum atomic E-state index is 13.9. The van der Waals surface area contributed by atoms with Crippen LogP contribution in [-0.2, 0) is 9.84 Å². The van der Waals surface area contributed by atoms with Crippen LogP contribution in [0.2, 0.25) is 0 Å². The third-order valence-corrected chi connectivity index (χ3v) is 7.68. The van der Waals surface area contributed by atoms with Crippen molar-refractivity contribution in [1.29, 1.82) is 0 Å². The van der Waals surface area contributed by atoms with Gasteiger partial charge in [-0.2, -0.15) is 0 Å². The van der Waals surface area contributed by atoms with Gasteiger partial charge in [0.05, 0.1) is 11.9 Å². The number of rotatable bonds is 4. The third kappa shape index (κ3) is 3.20. The Hall–Kier alpha value is -2.72. The summed E-state index contributed by atoms with van der Waals surface area (Å²) in [5.41, 5.74) is 2.45. The minimum Gasteiger partial charge on any atom is -0.531 e. The van der Waals surface area contributed by atoms with E-state index in [0.29, 0.717) is 30.3 Å². The summed E-state index contributed by atoms with van der Waals surface area (Å²) in [4.78, 5) is 6.85. The molecule has 0 unspecified atom stereocenters. The summed E-state index contributed by atoms with van der Waals surface area (Å²) in [6.45, 7) is 0. The van der Waals surface area contributed by atoms with E-state index in [-0.39, 0.29) is 17.6 Å². The van der Waals surface area contributed by atoms with Crippen molar-refractivity contribution >= 4 is 33.6 Å². The maximum Gasteiger partial charge on any atom is 0.552 e. The van der Waals surface area contributed by atoms with Crippen LogP contribution in [0.3, 0.4) is 0 Å². The summed E-state index contributed by atoms with van der Waals surface area (Å²) in [6.07, 6.45) is 4.48. The molecule has 0 saturated heterocycles. The van der Waals surface area contributed by atoms with E-state index in [1.165, 1.54) is 0 Å². The number of aromatic amines is 1. The van der Waals surface area contributed by atoms with Crippen LogP contribution < -0.4 is 4.65 Å². The maximum absolute atomic E-state index is 13.9. The summed E-state index contributed by atoms with van der Waals surface area (Å²) >= 11 is 0. The summed E-state index contributed by atoms with van der Waals surface area (Å²) in [6, 6.07) is 4.38. The molecule has 2 N–H and O–H groups in total. The number of allylic oxidation sites excluding steroid dienone is 1. The van der Waals surface area contributed by atoms with Gasteiger partial charge in [0.25, 0.3) is 0 Å². The minimum absolute atomic E-state index is 0.0427. The molecule has 2 aromatic heterocycles. The Labute approximate surface area is 171 Å². The lowest BCUT2D eigenvalue weighted by Crippen LogP contribution is -2.33. The van der Waals surface area contributed by atoms with Gasteiger partial charge in [0.15, 0.2) is 9.84 Å². The Balaban J connectivity index is 1.37. The molecule has 0 amide bonds. The first kappa shape index (κ1) is 19.3. The molecular formula is C20H17BF2N2O4S. The van der Waals surface area contributed by atoms with Gasteiger partial charge >= 0.3 is 7.12 Å². The van der Waals surface area contributed by atoms with Gasteiger partial charge in [0.2, 0.25) is 0 Å². The SMILES string of the molecule is O=S(=O)(CC1CC(C2=CB(O)Oc3cnc4[nH]ccc4c32)C1)c1ccc(F)cc1F. The Morgan fingerprint density at radius 1 is 1.27 bits per heavy atom. The largest absolute Gasteiger partial charge is 0.552 e. The number of benzene rings is 1. The smallest absolute Gasteiger partial charge is 0.531 e. The third-order valence-electron chi connectivity index (χ3n) is 5.77. The number of nitrogens with one attached hydrogen (secondary N) is 1. The second-order valence-corrected chi connectivity index (χ2v) is 9.76. The Morgan fingerprint density at radius 3 is 2.83 bits per heavy atom. The first-order valence-electron chi connectivity index (χ1n) is 9.52. The number of halogens is 2. The summed E-state index contributed by atoms with van der Waals surface area (Å²) in [5.74, 6) is -0.0814. The molecule has 1 aromatic carbocycles. The molecule has 5 rings (SSSR count). The number of nitrogens with zero attached hydrogens (tertiary/aromatic N) is 1. The van der Waals surface area contributed by atoms with Gasteiger partial charge in [-0.15, -0.1) is 0 Å². The number of fused-ring (bicyclic) bond motifs is 3. The van der Waals surface area contributed by atoms with E-state index >= 15 is 0 Å². The van der Waals surface area contributed by atoms with Crippen molar-refractivity contribution in [2.24, 2.45) is 11.8 Å². The first-order valence-corrected chi connectivity index (χ1v) is 11.2. The fourth-order valence-electron chi connectivity index (χ4n) is 4.37. The molecule has 3 heterocycles. The van der Waals surface area contributed by atoms with Crippen LogP contribution in [-0.4, -0.2) is 36.3 Å². The van der Waals surface area contributed by atoms with Crippen LogP contribution in [0.15, 0.2) is 47.5 Å². The average Bonchev–Trinajstić information content (AvgIpc) is 3.12. The molecule has 0 bridgehead atoms. The van der Waals surface area contributed by atoms with Crippen LogP contribution in [0.25, 0.3) is 16.6 Å². The quantitative estimate of drug-likeness (QED) is 0.490. The van der Waals surface area contributed by atoms with Crippen LogP contribution in [0.1, 0.15) is 18.4 Å². The highest BCUT2D eigenvalue weighted by molar-refractivity contribution is 7.91. The lowest BCUT2D eigenvalue weighted by atomic mass is 9.66. The Kier molecular flexibility index (Phi) is 4.44. The summed E-state index contributed by atoms with van der Waals surface area (Å²) in [7, 11) is -4.96. The van der Waals surface area contributed by atoms with E-state index in [1.807, 2.05) is 6.07 Å². The lowest BCUT2D eigenvalue weighted by Gasteiger charge is -2.38. The van der Waals surface area contributed by atoms with Gasteiger partial charge in [-0.05, 0) is 54.4 Å². The predicted molar refractivity (Wildman–Crippen MR) is 107 cm³/mol. The second kappa shape index (κ2) is 6.92. The highest BCUT2D eigenvalue weighted by Crippen LogP contribution is 2.48. The highest BCUT2D eigenvalue weighted by atomic mass is 32.2. The van der Waals surface area contributed by atoms with Crippen molar-refractivity contribution in [2.75, 3.05) is 5.75 Å². The van der Waals surface area contributed by atoms with Gasteiger partial charge in [-0.1, -0.05) is 0 Å². The van der Waals surface area contributed by atoms with Crippen LogP contribution in [0, 0.1) is 23.5 Å². The molecule has 6 nitrogen and oxygen atoms in total. The monoisotopic (exact) mass is 430 g/mol. The topological polar surface area (TPSA) is 92.3 Å². The number of hydrogen-bond donors (Lipinski definition) is 2. The molecule has 1 saturated carbocycles. The molecule has 1 aliphatic carbocycles. The van der Waals surface area contributed by atoms with Gasteiger partial charge < -0.3 is 14.7 Å². The number of H-pyrrole nitrogens is 1. The number of sulfone groups is 1. The molecule has 10 heteroatoms. The van der Waals surface area contributed by atoms with Crippen molar-refractivity contribution in [1.82, 2.24) is 9.97 Å². The number of pyridine rings is 1. The Morgan fingerprint density at radius 2 is 2.07 bits per heavy atom. The van der Waals surface area contributed by atoms with Crippen LogP contribution >= 0.6 is 0 Å². The van der Waals surface area contributed by atoms with Crippen molar-refractivity contribution in [3.05, 3.63) is 59.8 Å². The van der Waals surface area contributed by atoms with Crippen molar-refractivity contribution in [2.45, 2.75) is 17.7 Å². The molecule has 2 aliphatic rings. The fraction of sp³-hybridized carbons (Fsp3) is 0.250. The van der Waals surface area contributed by atoms with Crippen molar-refractivity contribution < 1.29 is 26.9 Å². The summed E-state index contributed by atoms with van der Waals surface area (Å²) in [5, 5.41) is 10.9. The van der Waals surface area contributed by atoms with E-state index < -0.39 is 33.5 Å². The molecule has 0 atom stereocenters. The zero-order valence-corrected chi connectivity index (χ0v) is 16.5. The molecule has 0 radical (unpaired) electrons. The molecule has 154 valence electrons. The van der Waals surface area contributed by atoms with E-state index in [0.717, 1.165) is 28.7 Å². The average molecular weight is 430 g/mol. The Bertz CT molecular complexity index is 1290. The van der Waals surface area contributed by atoms with Gasteiger partial charge in [0.1, 0.15) is 27.9 Å². The lowest BCUT2D eigenvalue weighted by molar-refractivity contribution is 0.272. The van der Waals surface area contributed by atoms with Crippen molar-refractivity contribution in [3.63, 3.8) is 0 Å². The standard InChI is InChI=1S/C20H17BF2N2O4S/c22-13-1-2-18(16(23)7-13)30(27,28)10-11-5-12(6-11)15-8-21(26)29-17-9-25-20-14(19(15)17)3-4-24-20/h1-4,7-9,11-12,26H,5-6,10H2,(H,24,25). The molecule has 3 aromatic rings. The molecular weight excluding hydrogens is 413 g/mol. The van der Waals surface area contributed by atoms with Gasteiger partial charge in [0, 0.05) is 23.2 Å². The number of hydrogen-bond acceptors (Lipinski definition) is 5. The second-order valence-electron chi connectivity index (χ2n) is 7.76. The van der Waals surface area contributed by atoms with E-state index in [2.05, 4.69) is 9.97 Å². The van der Waals surface area contributed by atoms with Crippen molar-refractivity contribution in [3.8, 4) is 5.75 Å². The van der Waals surface area contributed by atoms with E-state index in [9.17, 15) is 22.2 Å². The fourth-order valence-corrected chi connectivity index (χ4v) is 6.07. The normalized spacial score (nSPS) is 21.0. The molecule has 1 fully saturated rings. The van der Waals surface area contributed by atoms with Gasteiger partial charge in [-0.25, -0.2) is 22.2 Å². The summed E-state index contributed by atoms with van der Waals surface area (Å²) < 4.78 is 57.7. The highest BCUT2D eigenvalue weighted by Gasteiger charge is 2.39. The van der Waals surface area contributed by atoms with Gasteiger partial charge in [-0.3, -0.25) is 0 Å². The zero-order valence-electron chi connectivity index (χ0n) is 15.7. The number of aromatic nitrogens is 2. The molecule has 1 aliphatic heterocycles. The van der Waals surface area contributed by atoms with E-state index in [4.69, 9.17) is 4.65 Å². The van der Waals surface area contributed by atoms with Crippen LogP contribution in [0.4, 0.5) is 8.78 Å². The molecule has 30 heavy (non-hydrogen) atoms. The molecule has 0 spiro atoms. The van der Waals surface area contributed by atoms with E-state index in [1.54, 1.807) is 18.4 Å². The zero-order chi connectivity index (χ0) is 21.0.